The van der Waals surface area contributed by atoms with Crippen LogP contribution in [0.15, 0.2) is 18.6 Å². The molecule has 0 saturated carbocycles. The Balaban J connectivity index is 1.90. The van der Waals surface area contributed by atoms with Crippen molar-refractivity contribution in [2.75, 3.05) is 17.6 Å². The van der Waals surface area contributed by atoms with Crippen molar-refractivity contribution in [3.63, 3.8) is 0 Å². The molecule has 0 spiro atoms. The standard InChI is InChI=1S/C9H11ClN6/c10-7-3-6(11)4-13-9(7)12-2-1-8-14-5-15-16-8/h3-5H,1-2,11H2,(H,12,13)(H,14,15,16). The van der Waals surface area contributed by atoms with Gasteiger partial charge in [0.25, 0.3) is 0 Å². The second-order valence-corrected chi connectivity index (χ2v) is 3.62. The average molecular weight is 239 g/mol. The van der Waals surface area contributed by atoms with Gasteiger partial charge in [0.1, 0.15) is 18.0 Å². The number of nitrogens with zero attached hydrogens (tertiary/aromatic N) is 3. The summed E-state index contributed by atoms with van der Waals surface area (Å²) in [5.74, 6) is 1.44. The summed E-state index contributed by atoms with van der Waals surface area (Å²) in [6.45, 7) is 0.672. The van der Waals surface area contributed by atoms with Crippen LogP contribution in [0.25, 0.3) is 0 Å². The van der Waals surface area contributed by atoms with E-state index in [0.717, 1.165) is 12.2 Å². The lowest BCUT2D eigenvalue weighted by Gasteiger charge is -2.06. The number of H-pyrrole nitrogens is 1. The fourth-order valence-electron chi connectivity index (χ4n) is 1.23. The lowest BCUT2D eigenvalue weighted by molar-refractivity contribution is 0.897. The maximum Gasteiger partial charge on any atom is 0.144 e. The molecule has 4 N–H and O–H groups in total. The first-order valence-corrected chi connectivity index (χ1v) is 5.12. The number of halogens is 1. The number of rotatable bonds is 4. The summed E-state index contributed by atoms with van der Waals surface area (Å²) < 4.78 is 0. The monoisotopic (exact) mass is 238 g/mol. The Labute approximate surface area is 97.2 Å². The lowest BCUT2D eigenvalue weighted by atomic mass is 10.4. The molecule has 6 nitrogen and oxygen atoms in total. The van der Waals surface area contributed by atoms with Crippen LogP contribution in [0.3, 0.4) is 0 Å². The summed E-state index contributed by atoms with van der Waals surface area (Å²) in [7, 11) is 0. The number of nitrogen functional groups attached to an aromatic ring is 1. The molecule has 0 atom stereocenters. The normalized spacial score (nSPS) is 10.3. The van der Waals surface area contributed by atoms with E-state index in [4.69, 9.17) is 17.3 Å². The second kappa shape index (κ2) is 4.80. The number of pyridine rings is 1. The van der Waals surface area contributed by atoms with Crippen molar-refractivity contribution in [2.24, 2.45) is 0 Å². The smallest absolute Gasteiger partial charge is 0.144 e. The van der Waals surface area contributed by atoms with Crippen LogP contribution in [0.2, 0.25) is 5.02 Å². The number of hydrogen-bond donors (Lipinski definition) is 3. The molecule has 2 aromatic rings. The van der Waals surface area contributed by atoms with E-state index in [1.807, 2.05) is 0 Å². The van der Waals surface area contributed by atoms with Gasteiger partial charge in [-0.3, -0.25) is 5.10 Å². The second-order valence-electron chi connectivity index (χ2n) is 3.21. The number of nitrogens with one attached hydrogen (secondary N) is 2. The van der Waals surface area contributed by atoms with E-state index in [1.54, 1.807) is 12.3 Å². The van der Waals surface area contributed by atoms with Crippen LogP contribution in [0.5, 0.6) is 0 Å². The maximum absolute atomic E-state index is 5.95. The Morgan fingerprint density at radius 2 is 2.31 bits per heavy atom. The average Bonchev–Trinajstić information content (AvgIpc) is 2.74. The number of nitrogens with two attached hydrogens (primary N) is 1. The van der Waals surface area contributed by atoms with Gasteiger partial charge in [-0.05, 0) is 6.07 Å². The van der Waals surface area contributed by atoms with Crippen LogP contribution in [0.4, 0.5) is 11.5 Å². The minimum absolute atomic E-state index is 0.512. The number of aromatic nitrogens is 4. The predicted molar refractivity (Wildman–Crippen MR) is 62.2 cm³/mol. The van der Waals surface area contributed by atoms with Gasteiger partial charge < -0.3 is 11.1 Å². The van der Waals surface area contributed by atoms with Crippen LogP contribution in [0, 0.1) is 0 Å². The molecule has 84 valence electrons. The molecule has 0 radical (unpaired) electrons. The van der Waals surface area contributed by atoms with Crippen LogP contribution < -0.4 is 11.1 Å². The van der Waals surface area contributed by atoms with E-state index in [-0.39, 0.29) is 0 Å². The third-order valence-electron chi connectivity index (χ3n) is 1.98. The molecule has 0 aliphatic heterocycles. The lowest BCUT2D eigenvalue weighted by Crippen LogP contribution is -2.08. The molecule has 0 aromatic carbocycles. The predicted octanol–water partition coefficient (Wildman–Crippen LogP) is 1.09. The van der Waals surface area contributed by atoms with Crippen LogP contribution in [-0.2, 0) is 6.42 Å². The summed E-state index contributed by atoms with van der Waals surface area (Å²) in [6.07, 6.45) is 3.76. The van der Waals surface area contributed by atoms with Gasteiger partial charge in [0, 0.05) is 13.0 Å². The van der Waals surface area contributed by atoms with Crippen LogP contribution in [-0.4, -0.2) is 26.7 Å². The Bertz CT molecular complexity index is 455. The van der Waals surface area contributed by atoms with Gasteiger partial charge in [0.2, 0.25) is 0 Å². The van der Waals surface area contributed by atoms with Crippen molar-refractivity contribution >= 4 is 23.1 Å². The molecular formula is C9H11ClN6. The zero-order chi connectivity index (χ0) is 11.4. The molecule has 0 bridgehead atoms. The van der Waals surface area contributed by atoms with E-state index in [9.17, 15) is 0 Å². The molecule has 0 saturated heterocycles. The molecule has 0 fully saturated rings. The van der Waals surface area contributed by atoms with E-state index in [0.29, 0.717) is 23.1 Å². The first-order valence-electron chi connectivity index (χ1n) is 4.75. The van der Waals surface area contributed by atoms with Gasteiger partial charge in [-0.25, -0.2) is 9.97 Å². The van der Waals surface area contributed by atoms with Crippen LogP contribution >= 0.6 is 11.6 Å². The molecule has 0 unspecified atom stereocenters. The highest BCUT2D eigenvalue weighted by Crippen LogP contribution is 2.20. The molecule has 2 heterocycles. The van der Waals surface area contributed by atoms with Gasteiger partial charge in [-0.1, -0.05) is 11.6 Å². The van der Waals surface area contributed by atoms with Gasteiger partial charge >= 0.3 is 0 Å². The molecule has 2 aromatic heterocycles. The van der Waals surface area contributed by atoms with Gasteiger partial charge in [-0.15, -0.1) is 0 Å². The summed E-state index contributed by atoms with van der Waals surface area (Å²) >= 11 is 5.95. The first-order chi connectivity index (χ1) is 7.75. The van der Waals surface area contributed by atoms with Crippen molar-refractivity contribution in [3.8, 4) is 0 Å². The third kappa shape index (κ3) is 2.60. The number of aromatic amines is 1. The molecule has 16 heavy (non-hydrogen) atoms. The minimum Gasteiger partial charge on any atom is -0.397 e. The molecular weight excluding hydrogens is 228 g/mol. The van der Waals surface area contributed by atoms with Crippen molar-refractivity contribution in [1.29, 1.82) is 0 Å². The molecule has 2 rings (SSSR count). The van der Waals surface area contributed by atoms with Crippen molar-refractivity contribution in [1.82, 2.24) is 20.2 Å². The number of anilines is 2. The first kappa shape index (κ1) is 10.7. The van der Waals surface area contributed by atoms with E-state index in [2.05, 4.69) is 25.5 Å². The topological polar surface area (TPSA) is 92.5 Å². The minimum atomic E-state index is 0.512. The molecule has 0 amide bonds. The fraction of sp³-hybridized carbons (Fsp3) is 0.222. The van der Waals surface area contributed by atoms with Crippen molar-refractivity contribution in [2.45, 2.75) is 6.42 Å². The van der Waals surface area contributed by atoms with Crippen LogP contribution in [0.1, 0.15) is 5.82 Å². The highest BCUT2D eigenvalue weighted by atomic mass is 35.5. The molecule has 0 aliphatic rings. The highest BCUT2D eigenvalue weighted by molar-refractivity contribution is 6.33. The largest absolute Gasteiger partial charge is 0.397 e. The Morgan fingerprint density at radius 3 is 3.00 bits per heavy atom. The number of hydrogen-bond acceptors (Lipinski definition) is 5. The van der Waals surface area contributed by atoms with E-state index >= 15 is 0 Å². The van der Waals surface area contributed by atoms with Crippen molar-refractivity contribution in [3.05, 3.63) is 29.4 Å². The SMILES string of the molecule is Nc1cnc(NCCc2ncn[nH]2)c(Cl)c1. The zero-order valence-electron chi connectivity index (χ0n) is 8.44. The summed E-state index contributed by atoms with van der Waals surface area (Å²) in [5.41, 5.74) is 6.08. The third-order valence-corrected chi connectivity index (χ3v) is 2.27. The van der Waals surface area contributed by atoms with Crippen molar-refractivity contribution < 1.29 is 0 Å². The zero-order valence-corrected chi connectivity index (χ0v) is 9.20. The molecule has 0 aliphatic carbocycles. The maximum atomic E-state index is 5.95. The summed E-state index contributed by atoms with van der Waals surface area (Å²) in [5, 5.41) is 10.1. The van der Waals surface area contributed by atoms with Gasteiger partial charge in [0.15, 0.2) is 0 Å². The Hall–Kier alpha value is -1.82. The highest BCUT2D eigenvalue weighted by Gasteiger charge is 2.02. The van der Waals surface area contributed by atoms with E-state index in [1.165, 1.54) is 6.33 Å². The summed E-state index contributed by atoms with van der Waals surface area (Å²) in [6, 6.07) is 1.66. The summed E-state index contributed by atoms with van der Waals surface area (Å²) in [4.78, 5) is 8.09. The van der Waals surface area contributed by atoms with Gasteiger partial charge in [0.05, 0.1) is 16.9 Å². The quantitative estimate of drug-likeness (QED) is 0.742. The fourth-order valence-corrected chi connectivity index (χ4v) is 1.47. The van der Waals surface area contributed by atoms with E-state index < -0.39 is 0 Å². The van der Waals surface area contributed by atoms with Gasteiger partial charge in [-0.2, -0.15) is 5.10 Å². The Morgan fingerprint density at radius 1 is 1.44 bits per heavy atom. The molecule has 7 heteroatoms. The Kier molecular flexibility index (Phi) is 3.21.